The van der Waals surface area contributed by atoms with Gasteiger partial charge in [-0.05, 0) is 61.7 Å². The van der Waals surface area contributed by atoms with Crippen molar-refractivity contribution in [1.29, 1.82) is 0 Å². The molecule has 0 amide bonds. The van der Waals surface area contributed by atoms with Gasteiger partial charge in [0.1, 0.15) is 6.29 Å². The summed E-state index contributed by atoms with van der Waals surface area (Å²) >= 11 is 12.6. The van der Waals surface area contributed by atoms with Crippen LogP contribution < -0.4 is 9.64 Å². The summed E-state index contributed by atoms with van der Waals surface area (Å²) in [5, 5.41) is 10.7. The van der Waals surface area contributed by atoms with Crippen LogP contribution in [0.2, 0.25) is 10.0 Å². The third kappa shape index (κ3) is 8.86. The number of carbonyl (C=O) groups excluding carboxylic acids is 1. The lowest BCUT2D eigenvalue weighted by molar-refractivity contribution is -0.108. The number of nitrogens with zero attached hydrogens (tertiary/aromatic N) is 6. The lowest BCUT2D eigenvalue weighted by Gasteiger charge is -2.38. The van der Waals surface area contributed by atoms with Crippen molar-refractivity contribution >= 4 is 35.4 Å². The van der Waals surface area contributed by atoms with Crippen LogP contribution in [0.5, 0.6) is 11.6 Å². The van der Waals surface area contributed by atoms with E-state index in [1.54, 1.807) is 18.5 Å². The highest BCUT2D eigenvalue weighted by atomic mass is 35.5. The highest BCUT2D eigenvalue weighted by Gasteiger charge is 2.25. The summed E-state index contributed by atoms with van der Waals surface area (Å²) in [6.45, 7) is 11.3. The van der Waals surface area contributed by atoms with Gasteiger partial charge in [-0.1, -0.05) is 37.0 Å². The van der Waals surface area contributed by atoms with Crippen molar-refractivity contribution < 1.29 is 14.6 Å². The van der Waals surface area contributed by atoms with E-state index < -0.39 is 0 Å². The number of aliphatic hydroxyl groups excluding tert-OH is 1. The van der Waals surface area contributed by atoms with E-state index in [9.17, 15) is 9.90 Å². The molecular formula is C32H40Cl2N6O3. The number of carbonyl (C=O) groups is 1. The second-order valence-electron chi connectivity index (χ2n) is 12.4. The average molecular weight is 628 g/mol. The minimum absolute atomic E-state index is 0.115. The van der Waals surface area contributed by atoms with E-state index in [2.05, 4.69) is 38.5 Å². The molecule has 230 valence electrons. The van der Waals surface area contributed by atoms with E-state index in [4.69, 9.17) is 32.9 Å². The van der Waals surface area contributed by atoms with Crippen LogP contribution in [0.3, 0.4) is 0 Å². The number of likely N-dealkylation sites (tertiary alicyclic amines) is 1. The third-order valence-corrected chi connectivity index (χ3v) is 8.57. The number of ether oxygens (including phenoxy) is 1. The Labute approximate surface area is 263 Å². The molecule has 0 bridgehead atoms. The number of aldehydes is 1. The summed E-state index contributed by atoms with van der Waals surface area (Å²) in [7, 11) is 0. The summed E-state index contributed by atoms with van der Waals surface area (Å²) < 4.78 is 6.20. The number of rotatable bonds is 11. The number of aromatic nitrogens is 3. The number of hydrogen-bond donors (Lipinski definition) is 1. The Morgan fingerprint density at radius 1 is 0.953 bits per heavy atom. The number of piperidine rings is 1. The second-order valence-corrected chi connectivity index (χ2v) is 13.3. The number of pyridine rings is 1. The van der Waals surface area contributed by atoms with Crippen LogP contribution in [0.1, 0.15) is 38.7 Å². The van der Waals surface area contributed by atoms with Crippen molar-refractivity contribution in [3.8, 4) is 22.9 Å². The minimum Gasteiger partial charge on any atom is -0.436 e. The number of halogens is 2. The van der Waals surface area contributed by atoms with Crippen molar-refractivity contribution in [3.63, 3.8) is 0 Å². The number of benzene rings is 1. The summed E-state index contributed by atoms with van der Waals surface area (Å²) in [5.41, 5.74) is 2.47. The number of piperazine rings is 1. The lowest BCUT2D eigenvalue weighted by atomic mass is 9.94. The Morgan fingerprint density at radius 2 is 1.63 bits per heavy atom. The molecule has 2 saturated heterocycles. The molecule has 1 N–H and O–H groups in total. The molecule has 0 radical (unpaired) electrons. The maximum absolute atomic E-state index is 10.9. The fraction of sp³-hybridized carbons (Fsp3) is 0.500. The molecule has 4 heterocycles. The van der Waals surface area contributed by atoms with Crippen LogP contribution in [-0.4, -0.2) is 88.6 Å². The molecule has 0 aliphatic carbocycles. The molecule has 0 saturated carbocycles. The van der Waals surface area contributed by atoms with E-state index in [-0.39, 0.29) is 12.0 Å². The van der Waals surface area contributed by atoms with Crippen LogP contribution in [0.25, 0.3) is 11.3 Å². The SMILES string of the molecule is CC(C)(CO)CN1CCN(c2ncc(Oc3cc(CN4CCC(CC=O)CC4)cc(-c4cc(Cl)cc(Cl)c4)n3)cn2)CC1. The fourth-order valence-corrected chi connectivity index (χ4v) is 6.26. The number of hydrogen-bond acceptors (Lipinski definition) is 9. The standard InChI is InChI=1S/C32H40Cl2N6O3/c1-32(2,22-42)21-39-8-10-40(11-9-39)31-35-18-28(19-36-31)43-30-14-24(20-38-6-3-23(4-7-38)5-12-41)13-29(37-30)25-15-26(33)17-27(34)16-25/h12-19,23,42H,3-11,20-22H2,1-2H3. The molecule has 0 unspecified atom stereocenters. The first kappa shape index (κ1) is 31.6. The molecule has 3 aromatic rings. The van der Waals surface area contributed by atoms with Gasteiger partial charge in [0.15, 0.2) is 5.75 Å². The van der Waals surface area contributed by atoms with E-state index in [0.717, 1.165) is 82.6 Å². The van der Waals surface area contributed by atoms with E-state index in [1.807, 2.05) is 24.3 Å². The molecule has 2 aromatic heterocycles. The zero-order chi connectivity index (χ0) is 30.4. The zero-order valence-electron chi connectivity index (χ0n) is 24.9. The Balaban J connectivity index is 1.29. The molecule has 2 fully saturated rings. The monoisotopic (exact) mass is 626 g/mol. The molecule has 9 nitrogen and oxygen atoms in total. The zero-order valence-corrected chi connectivity index (χ0v) is 26.4. The van der Waals surface area contributed by atoms with Crippen LogP contribution in [0.4, 0.5) is 5.95 Å². The summed E-state index contributed by atoms with van der Waals surface area (Å²) in [5.74, 6) is 2.08. The van der Waals surface area contributed by atoms with Crippen LogP contribution in [-0.2, 0) is 11.3 Å². The topological polar surface area (TPSA) is 94.9 Å². The van der Waals surface area contributed by atoms with Crippen molar-refractivity contribution in [2.24, 2.45) is 11.3 Å². The molecular weight excluding hydrogens is 587 g/mol. The van der Waals surface area contributed by atoms with Crippen molar-refractivity contribution in [3.05, 3.63) is 58.3 Å². The number of aliphatic hydroxyl groups is 1. The van der Waals surface area contributed by atoms with Crippen molar-refractivity contribution in [2.45, 2.75) is 39.7 Å². The Hall–Kier alpha value is -2.82. The number of anilines is 1. The van der Waals surface area contributed by atoms with E-state index >= 15 is 0 Å². The summed E-state index contributed by atoms with van der Waals surface area (Å²) in [6, 6.07) is 9.39. The van der Waals surface area contributed by atoms with E-state index in [0.29, 0.717) is 45.7 Å². The molecule has 2 aliphatic heterocycles. The quantitative estimate of drug-likeness (QED) is 0.274. The minimum atomic E-state index is -0.115. The predicted octanol–water partition coefficient (Wildman–Crippen LogP) is 5.58. The summed E-state index contributed by atoms with van der Waals surface area (Å²) in [6.07, 6.45) is 7.08. The predicted molar refractivity (Wildman–Crippen MR) is 170 cm³/mol. The first-order valence-electron chi connectivity index (χ1n) is 14.9. The second kappa shape index (κ2) is 14.3. The smallest absolute Gasteiger partial charge is 0.225 e. The van der Waals surface area contributed by atoms with Gasteiger partial charge in [0.2, 0.25) is 11.8 Å². The highest BCUT2D eigenvalue weighted by molar-refractivity contribution is 6.35. The fourth-order valence-electron chi connectivity index (χ4n) is 5.73. The van der Waals surface area contributed by atoms with Gasteiger partial charge in [0, 0.05) is 79.4 Å². The van der Waals surface area contributed by atoms with Gasteiger partial charge in [0.25, 0.3) is 0 Å². The molecule has 5 rings (SSSR count). The first-order chi connectivity index (χ1) is 20.7. The van der Waals surface area contributed by atoms with Gasteiger partial charge >= 0.3 is 0 Å². The van der Waals surface area contributed by atoms with Gasteiger partial charge in [-0.25, -0.2) is 15.0 Å². The van der Waals surface area contributed by atoms with Crippen LogP contribution in [0.15, 0.2) is 42.7 Å². The Morgan fingerprint density at radius 3 is 2.26 bits per heavy atom. The largest absolute Gasteiger partial charge is 0.436 e. The average Bonchev–Trinajstić information content (AvgIpc) is 2.98. The van der Waals surface area contributed by atoms with Crippen LogP contribution in [0, 0.1) is 11.3 Å². The van der Waals surface area contributed by atoms with Crippen molar-refractivity contribution in [1.82, 2.24) is 24.8 Å². The molecule has 2 aliphatic rings. The molecule has 43 heavy (non-hydrogen) atoms. The van der Waals surface area contributed by atoms with Crippen molar-refractivity contribution in [2.75, 3.05) is 57.3 Å². The third-order valence-electron chi connectivity index (χ3n) is 8.13. The van der Waals surface area contributed by atoms with Crippen LogP contribution >= 0.6 is 23.2 Å². The maximum atomic E-state index is 10.9. The molecule has 0 atom stereocenters. The molecule has 1 aromatic carbocycles. The Bertz CT molecular complexity index is 1350. The molecule has 0 spiro atoms. The Kier molecular flexibility index (Phi) is 10.5. The lowest BCUT2D eigenvalue weighted by Crippen LogP contribution is -2.50. The highest BCUT2D eigenvalue weighted by Crippen LogP contribution is 2.31. The first-order valence-corrected chi connectivity index (χ1v) is 15.7. The van der Waals surface area contributed by atoms with Gasteiger partial charge in [-0.15, -0.1) is 0 Å². The van der Waals surface area contributed by atoms with E-state index in [1.165, 1.54) is 0 Å². The maximum Gasteiger partial charge on any atom is 0.225 e. The van der Waals surface area contributed by atoms with Gasteiger partial charge < -0.3 is 19.5 Å². The normalized spacial score (nSPS) is 17.3. The van der Waals surface area contributed by atoms with Gasteiger partial charge in [0.05, 0.1) is 18.1 Å². The van der Waals surface area contributed by atoms with Gasteiger partial charge in [-0.2, -0.15) is 0 Å². The molecule has 11 heteroatoms. The summed E-state index contributed by atoms with van der Waals surface area (Å²) in [4.78, 5) is 31.9. The van der Waals surface area contributed by atoms with Gasteiger partial charge in [-0.3, -0.25) is 9.80 Å².